The van der Waals surface area contributed by atoms with Crippen LogP contribution in [0.5, 0.6) is 0 Å². The van der Waals surface area contributed by atoms with Crippen LogP contribution in [0.3, 0.4) is 0 Å². The summed E-state index contributed by atoms with van der Waals surface area (Å²) in [7, 11) is 4.06. The van der Waals surface area contributed by atoms with Crippen LogP contribution in [0.15, 0.2) is 35.3 Å². The first-order valence-electron chi connectivity index (χ1n) is 9.63. The molecule has 2 atom stereocenters. The molecule has 1 aliphatic heterocycles. The Morgan fingerprint density at radius 3 is 2.52 bits per heavy atom. The van der Waals surface area contributed by atoms with E-state index >= 15 is 0 Å². The molecule has 0 aromatic heterocycles. The summed E-state index contributed by atoms with van der Waals surface area (Å²) < 4.78 is 0. The summed E-state index contributed by atoms with van der Waals surface area (Å²) in [6, 6.07) is 11.7. The Morgan fingerprint density at radius 2 is 1.96 bits per heavy atom. The second kappa shape index (κ2) is 10.4. The van der Waals surface area contributed by atoms with Crippen LogP contribution in [-0.2, 0) is 0 Å². The molecule has 0 radical (unpaired) electrons. The molecule has 0 aliphatic carbocycles. The van der Waals surface area contributed by atoms with Crippen LogP contribution in [0, 0.1) is 0 Å². The number of rotatable bonds is 8. The summed E-state index contributed by atoms with van der Waals surface area (Å²) in [4.78, 5) is 9.33. The highest BCUT2D eigenvalue weighted by molar-refractivity contribution is 5.79. The maximum Gasteiger partial charge on any atom is 0.191 e. The molecule has 1 saturated heterocycles. The molecule has 1 aliphatic rings. The van der Waals surface area contributed by atoms with Crippen molar-refractivity contribution in [2.45, 2.75) is 38.8 Å². The summed E-state index contributed by atoms with van der Waals surface area (Å²) in [5, 5.41) is 7.04. The molecule has 0 bridgehead atoms. The molecule has 1 fully saturated rings. The first kappa shape index (κ1) is 19.7. The van der Waals surface area contributed by atoms with Crippen LogP contribution in [0.25, 0.3) is 0 Å². The number of aliphatic imine (C=N–C) groups is 1. The Labute approximate surface area is 153 Å². The van der Waals surface area contributed by atoms with Crippen LogP contribution in [0.2, 0.25) is 0 Å². The van der Waals surface area contributed by atoms with E-state index in [0.29, 0.717) is 12.1 Å². The van der Waals surface area contributed by atoms with Crippen molar-refractivity contribution in [3.8, 4) is 0 Å². The Bertz CT molecular complexity index is 512. The Balaban J connectivity index is 1.93. The van der Waals surface area contributed by atoms with Crippen molar-refractivity contribution in [1.82, 2.24) is 20.4 Å². The Kier molecular flexibility index (Phi) is 8.22. The average molecular weight is 346 g/mol. The number of hydrogen-bond acceptors (Lipinski definition) is 3. The number of nitrogens with zero attached hydrogens (tertiary/aromatic N) is 3. The predicted molar refractivity (Wildman–Crippen MR) is 107 cm³/mol. The predicted octanol–water partition coefficient (Wildman–Crippen LogP) is 2.33. The van der Waals surface area contributed by atoms with Gasteiger partial charge in [-0.2, -0.15) is 0 Å². The summed E-state index contributed by atoms with van der Waals surface area (Å²) in [6.45, 7) is 9.54. The lowest BCUT2D eigenvalue weighted by atomic mass is 10.1. The van der Waals surface area contributed by atoms with Crippen LogP contribution in [0.1, 0.15) is 38.3 Å². The maximum atomic E-state index is 4.41. The van der Waals surface area contributed by atoms with Crippen molar-refractivity contribution in [2.75, 3.05) is 46.8 Å². The molecular formula is C20H35N5. The van der Waals surface area contributed by atoms with Gasteiger partial charge in [-0.15, -0.1) is 0 Å². The van der Waals surface area contributed by atoms with Crippen molar-refractivity contribution in [3.63, 3.8) is 0 Å². The molecule has 2 N–H and O–H groups in total. The fraction of sp³-hybridized carbons (Fsp3) is 0.650. The largest absolute Gasteiger partial charge is 0.355 e. The van der Waals surface area contributed by atoms with Gasteiger partial charge >= 0.3 is 0 Å². The third-order valence-corrected chi connectivity index (χ3v) is 5.30. The van der Waals surface area contributed by atoms with Crippen LogP contribution < -0.4 is 10.6 Å². The van der Waals surface area contributed by atoms with Crippen molar-refractivity contribution in [2.24, 2.45) is 4.99 Å². The molecule has 1 aromatic rings. The van der Waals surface area contributed by atoms with E-state index in [4.69, 9.17) is 0 Å². The molecular weight excluding hydrogens is 310 g/mol. The van der Waals surface area contributed by atoms with E-state index in [2.05, 4.69) is 76.7 Å². The van der Waals surface area contributed by atoms with E-state index in [-0.39, 0.29) is 0 Å². The van der Waals surface area contributed by atoms with Gasteiger partial charge < -0.3 is 15.5 Å². The maximum absolute atomic E-state index is 4.41. The number of hydrogen-bond donors (Lipinski definition) is 2. The van der Waals surface area contributed by atoms with Gasteiger partial charge in [-0.3, -0.25) is 9.89 Å². The second-order valence-corrected chi connectivity index (χ2v) is 6.76. The van der Waals surface area contributed by atoms with Crippen LogP contribution in [-0.4, -0.2) is 68.6 Å². The minimum atomic E-state index is 0.351. The van der Waals surface area contributed by atoms with Gasteiger partial charge in [0, 0.05) is 26.2 Å². The molecule has 5 nitrogen and oxygen atoms in total. The first-order valence-corrected chi connectivity index (χ1v) is 9.63. The van der Waals surface area contributed by atoms with Gasteiger partial charge in [0.2, 0.25) is 0 Å². The lowest BCUT2D eigenvalue weighted by Crippen LogP contribution is -2.46. The highest BCUT2D eigenvalue weighted by Crippen LogP contribution is 2.19. The van der Waals surface area contributed by atoms with E-state index in [0.717, 1.165) is 32.1 Å². The van der Waals surface area contributed by atoms with Crippen molar-refractivity contribution in [3.05, 3.63) is 35.9 Å². The number of nitrogens with one attached hydrogen (secondary N) is 2. The normalized spacial score (nSPS) is 20.0. The highest BCUT2D eigenvalue weighted by atomic mass is 15.2. The van der Waals surface area contributed by atoms with Gasteiger partial charge in [0.25, 0.3) is 0 Å². The number of guanidine groups is 1. The third-order valence-electron chi connectivity index (χ3n) is 5.30. The molecule has 0 saturated carbocycles. The minimum absolute atomic E-state index is 0.351. The number of likely N-dealkylation sites (tertiary alicyclic amines) is 1. The lowest BCUT2D eigenvalue weighted by molar-refractivity contribution is 0.219. The van der Waals surface area contributed by atoms with Gasteiger partial charge in [-0.05, 0) is 45.1 Å². The van der Waals surface area contributed by atoms with Crippen molar-refractivity contribution < 1.29 is 0 Å². The van der Waals surface area contributed by atoms with Gasteiger partial charge in [-0.1, -0.05) is 44.2 Å². The molecule has 1 heterocycles. The van der Waals surface area contributed by atoms with Crippen LogP contribution >= 0.6 is 0 Å². The van der Waals surface area contributed by atoms with E-state index in [9.17, 15) is 0 Å². The summed E-state index contributed by atoms with van der Waals surface area (Å²) >= 11 is 0. The molecule has 5 heteroatoms. The monoisotopic (exact) mass is 345 g/mol. The smallest absolute Gasteiger partial charge is 0.191 e. The standard InChI is InChI=1S/C20H35N5/c1-5-25(6-2)19(17-11-8-7-9-12-17)16-23-20(21-3)22-15-18-13-10-14-24(18)4/h7-9,11-12,18-19H,5-6,10,13-16H2,1-4H3,(H2,21,22,23). The topological polar surface area (TPSA) is 42.9 Å². The van der Waals surface area contributed by atoms with Gasteiger partial charge in [0.05, 0.1) is 6.04 Å². The van der Waals surface area contributed by atoms with E-state index in [1.807, 2.05) is 7.05 Å². The highest BCUT2D eigenvalue weighted by Gasteiger charge is 2.21. The van der Waals surface area contributed by atoms with Gasteiger partial charge in [-0.25, -0.2) is 0 Å². The molecule has 140 valence electrons. The first-order chi connectivity index (χ1) is 12.2. The van der Waals surface area contributed by atoms with Gasteiger partial charge in [0.1, 0.15) is 0 Å². The number of benzene rings is 1. The fourth-order valence-electron chi connectivity index (χ4n) is 3.66. The zero-order valence-corrected chi connectivity index (χ0v) is 16.3. The second-order valence-electron chi connectivity index (χ2n) is 6.76. The quantitative estimate of drug-likeness (QED) is 0.561. The molecule has 1 aromatic carbocycles. The zero-order valence-electron chi connectivity index (χ0n) is 16.3. The molecule has 2 rings (SSSR count). The van der Waals surface area contributed by atoms with Gasteiger partial charge in [0.15, 0.2) is 5.96 Å². The molecule has 2 unspecified atom stereocenters. The molecule has 0 amide bonds. The number of likely N-dealkylation sites (N-methyl/N-ethyl adjacent to an activating group) is 2. The average Bonchev–Trinajstić information content (AvgIpc) is 3.06. The van der Waals surface area contributed by atoms with Crippen LogP contribution in [0.4, 0.5) is 0 Å². The van der Waals surface area contributed by atoms with E-state index in [1.54, 1.807) is 0 Å². The molecule has 0 spiro atoms. The summed E-state index contributed by atoms with van der Waals surface area (Å²) in [5.74, 6) is 0.897. The van der Waals surface area contributed by atoms with E-state index < -0.39 is 0 Å². The Hall–Kier alpha value is -1.59. The summed E-state index contributed by atoms with van der Waals surface area (Å²) in [5.41, 5.74) is 1.35. The summed E-state index contributed by atoms with van der Waals surface area (Å²) in [6.07, 6.45) is 2.57. The van der Waals surface area contributed by atoms with E-state index in [1.165, 1.54) is 24.9 Å². The minimum Gasteiger partial charge on any atom is -0.355 e. The lowest BCUT2D eigenvalue weighted by Gasteiger charge is -2.31. The fourth-order valence-corrected chi connectivity index (χ4v) is 3.66. The third kappa shape index (κ3) is 5.72. The van der Waals surface area contributed by atoms with Crippen molar-refractivity contribution >= 4 is 5.96 Å². The SMILES string of the molecule is CCN(CC)C(CNC(=NC)NCC1CCCN1C)c1ccccc1. The molecule has 25 heavy (non-hydrogen) atoms. The Morgan fingerprint density at radius 1 is 1.24 bits per heavy atom. The van der Waals surface area contributed by atoms with Crippen molar-refractivity contribution in [1.29, 1.82) is 0 Å². The zero-order chi connectivity index (χ0) is 18.1.